The molecule has 1 aromatic carbocycles. The first-order chi connectivity index (χ1) is 8.57. The summed E-state index contributed by atoms with van der Waals surface area (Å²) in [5.41, 5.74) is 7.33. The Labute approximate surface area is 111 Å². The number of para-hydroxylation sites is 1. The van der Waals surface area contributed by atoms with E-state index in [1.54, 1.807) is 10.7 Å². The Hall–Kier alpha value is -1.68. The summed E-state index contributed by atoms with van der Waals surface area (Å²) in [5.74, 6) is 0. The number of nitrogen functional groups attached to an aromatic ring is 1. The molecular formula is C13H16ClN3O. The molecule has 1 heterocycles. The lowest BCUT2D eigenvalue weighted by Crippen LogP contribution is -2.22. The van der Waals surface area contributed by atoms with Crippen LogP contribution in [0.5, 0.6) is 0 Å². The number of anilines is 1. The van der Waals surface area contributed by atoms with Crippen molar-refractivity contribution in [3.8, 4) is 5.69 Å². The Morgan fingerprint density at radius 1 is 1.33 bits per heavy atom. The van der Waals surface area contributed by atoms with Gasteiger partial charge in [-0.2, -0.15) is 0 Å². The normalized spacial score (nSPS) is 10.8. The molecule has 2 N–H and O–H groups in total. The maximum absolute atomic E-state index is 12.2. The zero-order valence-electron chi connectivity index (χ0n) is 10.5. The fourth-order valence-corrected chi connectivity index (χ4v) is 2.23. The largest absolute Gasteiger partial charge is 0.393 e. The average Bonchev–Trinajstić information content (AvgIpc) is 2.56. The highest BCUT2D eigenvalue weighted by atomic mass is 35.5. The molecule has 0 spiro atoms. The fraction of sp³-hybridized carbons (Fsp3) is 0.308. The van der Waals surface area contributed by atoms with Crippen LogP contribution in [0.3, 0.4) is 0 Å². The van der Waals surface area contributed by atoms with Gasteiger partial charge in [-0.1, -0.05) is 30.7 Å². The van der Waals surface area contributed by atoms with Crippen LogP contribution in [0.1, 0.15) is 19.0 Å². The highest BCUT2D eigenvalue weighted by Gasteiger charge is 2.16. The molecule has 0 atom stereocenters. The molecule has 0 aliphatic rings. The van der Waals surface area contributed by atoms with Crippen molar-refractivity contribution in [3.05, 3.63) is 45.3 Å². The van der Waals surface area contributed by atoms with Crippen LogP contribution in [0.2, 0.25) is 5.02 Å². The number of hydrogen-bond acceptors (Lipinski definition) is 2. The van der Waals surface area contributed by atoms with E-state index in [9.17, 15) is 4.79 Å². The Kier molecular flexibility index (Phi) is 3.48. The van der Waals surface area contributed by atoms with Gasteiger partial charge in [0, 0.05) is 6.54 Å². The summed E-state index contributed by atoms with van der Waals surface area (Å²) < 4.78 is 3.43. The fourth-order valence-electron chi connectivity index (χ4n) is 2.01. The van der Waals surface area contributed by atoms with Gasteiger partial charge in [0.2, 0.25) is 0 Å². The van der Waals surface area contributed by atoms with Gasteiger partial charge < -0.3 is 5.73 Å². The summed E-state index contributed by atoms with van der Waals surface area (Å²) in [6.07, 6.45) is 0.916. The van der Waals surface area contributed by atoms with Crippen LogP contribution < -0.4 is 11.3 Å². The molecule has 0 radical (unpaired) electrons. The third kappa shape index (κ3) is 1.93. The Balaban J connectivity index is 2.75. The van der Waals surface area contributed by atoms with E-state index in [0.717, 1.165) is 18.7 Å². The molecule has 4 nitrogen and oxygen atoms in total. The molecule has 0 aliphatic carbocycles. The van der Waals surface area contributed by atoms with E-state index in [1.807, 2.05) is 29.8 Å². The monoisotopic (exact) mass is 265 g/mol. The number of halogens is 1. The second-order valence-corrected chi connectivity index (χ2v) is 4.60. The van der Waals surface area contributed by atoms with Gasteiger partial charge in [-0.15, -0.1) is 0 Å². The van der Waals surface area contributed by atoms with Crippen molar-refractivity contribution < 1.29 is 0 Å². The Morgan fingerprint density at radius 3 is 2.61 bits per heavy atom. The lowest BCUT2D eigenvalue weighted by molar-refractivity contribution is 0.523. The molecule has 0 aliphatic heterocycles. The third-order valence-electron chi connectivity index (χ3n) is 2.96. The molecule has 96 valence electrons. The molecule has 0 saturated heterocycles. The van der Waals surface area contributed by atoms with Gasteiger partial charge in [0.25, 0.3) is 5.56 Å². The van der Waals surface area contributed by atoms with E-state index < -0.39 is 0 Å². The van der Waals surface area contributed by atoms with Crippen molar-refractivity contribution in [3.63, 3.8) is 0 Å². The van der Waals surface area contributed by atoms with E-state index in [-0.39, 0.29) is 11.2 Å². The second-order valence-electron chi connectivity index (χ2n) is 4.19. The summed E-state index contributed by atoms with van der Waals surface area (Å²) in [4.78, 5) is 12.2. The van der Waals surface area contributed by atoms with Gasteiger partial charge in [0.1, 0.15) is 5.69 Å². The van der Waals surface area contributed by atoms with Crippen LogP contribution in [0.4, 0.5) is 5.69 Å². The van der Waals surface area contributed by atoms with Crippen LogP contribution in [0.25, 0.3) is 5.69 Å². The zero-order chi connectivity index (χ0) is 13.3. The van der Waals surface area contributed by atoms with Crippen molar-refractivity contribution in [2.75, 3.05) is 5.73 Å². The molecule has 0 bridgehead atoms. The molecule has 2 aromatic rings. The lowest BCUT2D eigenvalue weighted by Gasteiger charge is -2.13. The summed E-state index contributed by atoms with van der Waals surface area (Å²) >= 11 is 6.15. The Morgan fingerprint density at radius 2 is 2.00 bits per heavy atom. The molecule has 18 heavy (non-hydrogen) atoms. The second kappa shape index (κ2) is 4.90. The molecule has 0 unspecified atom stereocenters. The summed E-state index contributed by atoms with van der Waals surface area (Å²) in [5, 5.41) is 0.537. The van der Waals surface area contributed by atoms with Crippen molar-refractivity contribution >= 4 is 17.3 Å². The van der Waals surface area contributed by atoms with Gasteiger partial charge in [-0.25, -0.2) is 4.68 Å². The molecule has 0 saturated carbocycles. The molecule has 0 fully saturated rings. The van der Waals surface area contributed by atoms with E-state index >= 15 is 0 Å². The van der Waals surface area contributed by atoms with Crippen LogP contribution in [-0.4, -0.2) is 9.36 Å². The summed E-state index contributed by atoms with van der Waals surface area (Å²) in [6, 6.07) is 7.26. The van der Waals surface area contributed by atoms with E-state index in [4.69, 9.17) is 17.3 Å². The molecule has 5 heteroatoms. The molecule has 2 rings (SSSR count). The maximum Gasteiger partial charge on any atom is 0.294 e. The van der Waals surface area contributed by atoms with Gasteiger partial charge in [-0.3, -0.25) is 9.48 Å². The number of aromatic nitrogens is 2. The number of rotatable bonds is 3. The van der Waals surface area contributed by atoms with Gasteiger partial charge in [0.05, 0.1) is 16.4 Å². The summed E-state index contributed by atoms with van der Waals surface area (Å²) in [6.45, 7) is 4.63. The SMILES string of the molecule is CCCn1c(C)c(N)c(=O)n1-c1ccccc1Cl. The number of nitrogens with two attached hydrogens (primary N) is 1. The molecular weight excluding hydrogens is 250 g/mol. The Bertz CT molecular complexity index is 628. The van der Waals surface area contributed by atoms with Crippen molar-refractivity contribution in [2.45, 2.75) is 26.8 Å². The first-order valence-corrected chi connectivity index (χ1v) is 6.28. The number of nitrogens with zero attached hydrogens (tertiary/aromatic N) is 2. The minimum atomic E-state index is -0.214. The topological polar surface area (TPSA) is 52.9 Å². The van der Waals surface area contributed by atoms with Crippen LogP contribution in [-0.2, 0) is 6.54 Å². The molecule has 1 aromatic heterocycles. The minimum absolute atomic E-state index is 0.214. The van der Waals surface area contributed by atoms with E-state index in [0.29, 0.717) is 10.7 Å². The third-order valence-corrected chi connectivity index (χ3v) is 3.28. The predicted octanol–water partition coefficient (Wildman–Crippen LogP) is 2.59. The molecule has 0 amide bonds. The van der Waals surface area contributed by atoms with Gasteiger partial charge in [0.15, 0.2) is 0 Å². The van der Waals surface area contributed by atoms with Crippen molar-refractivity contribution in [2.24, 2.45) is 0 Å². The maximum atomic E-state index is 12.2. The smallest absolute Gasteiger partial charge is 0.294 e. The first kappa shape index (κ1) is 12.8. The summed E-state index contributed by atoms with van der Waals surface area (Å²) in [7, 11) is 0. The van der Waals surface area contributed by atoms with E-state index in [1.165, 1.54) is 0 Å². The van der Waals surface area contributed by atoms with E-state index in [2.05, 4.69) is 6.92 Å². The predicted molar refractivity (Wildman–Crippen MR) is 74.5 cm³/mol. The van der Waals surface area contributed by atoms with Crippen LogP contribution in [0, 0.1) is 6.92 Å². The minimum Gasteiger partial charge on any atom is -0.393 e. The van der Waals surface area contributed by atoms with Crippen molar-refractivity contribution in [1.29, 1.82) is 0 Å². The average molecular weight is 266 g/mol. The number of hydrogen-bond donors (Lipinski definition) is 1. The van der Waals surface area contributed by atoms with Crippen LogP contribution >= 0.6 is 11.6 Å². The van der Waals surface area contributed by atoms with Crippen LogP contribution in [0.15, 0.2) is 29.1 Å². The standard InChI is InChI=1S/C13H16ClN3O/c1-3-8-16-9(2)12(15)13(18)17(16)11-7-5-4-6-10(11)14/h4-7H,3,8,15H2,1-2H3. The highest BCUT2D eigenvalue weighted by molar-refractivity contribution is 6.32. The van der Waals surface area contributed by atoms with Crippen molar-refractivity contribution in [1.82, 2.24) is 9.36 Å². The quantitative estimate of drug-likeness (QED) is 0.927. The van der Waals surface area contributed by atoms with Gasteiger partial charge in [-0.05, 0) is 25.5 Å². The number of benzene rings is 1. The lowest BCUT2D eigenvalue weighted by atomic mass is 10.3. The van der Waals surface area contributed by atoms with Gasteiger partial charge >= 0.3 is 0 Å². The first-order valence-electron chi connectivity index (χ1n) is 5.90. The highest BCUT2D eigenvalue weighted by Crippen LogP contribution is 2.20. The zero-order valence-corrected chi connectivity index (χ0v) is 11.2.